The smallest absolute Gasteiger partial charge is 0.311 e. The minimum absolute atomic E-state index is 0.436. The van der Waals surface area contributed by atoms with E-state index in [-0.39, 0.29) is 0 Å². The molecule has 2 aromatic carbocycles. The fraction of sp³-hybridized carbons (Fsp3) is 0.235. The van der Waals surface area contributed by atoms with Crippen LogP contribution in [0.1, 0.15) is 17.0 Å². The van der Waals surface area contributed by atoms with Gasteiger partial charge in [0, 0.05) is 0 Å². The van der Waals surface area contributed by atoms with E-state index in [1.807, 2.05) is 24.3 Å². The number of hydrogen-bond donors (Lipinski definition) is 1. The molecule has 0 saturated carbocycles. The highest BCUT2D eigenvalue weighted by Gasteiger charge is 2.20. The first-order valence-electron chi connectivity index (χ1n) is 6.63. The van der Waals surface area contributed by atoms with E-state index in [9.17, 15) is 9.90 Å². The number of carbonyl (C=O) groups is 1. The molecule has 0 aliphatic carbocycles. The molecule has 0 bridgehead atoms. The molecule has 21 heavy (non-hydrogen) atoms. The zero-order chi connectivity index (χ0) is 15.2. The molecule has 0 heterocycles. The molecular formula is C17H18O4. The summed E-state index contributed by atoms with van der Waals surface area (Å²) in [5.41, 5.74) is 1.72. The molecule has 2 rings (SSSR count). The van der Waals surface area contributed by atoms with Gasteiger partial charge >= 0.3 is 5.97 Å². The van der Waals surface area contributed by atoms with Crippen molar-refractivity contribution in [2.45, 2.75) is 12.3 Å². The summed E-state index contributed by atoms with van der Waals surface area (Å²) >= 11 is 0. The number of ether oxygens (including phenoxy) is 2. The van der Waals surface area contributed by atoms with E-state index < -0.39 is 11.9 Å². The Kier molecular flexibility index (Phi) is 4.82. The zero-order valence-corrected chi connectivity index (χ0v) is 12.1. The van der Waals surface area contributed by atoms with Gasteiger partial charge < -0.3 is 14.6 Å². The topological polar surface area (TPSA) is 55.8 Å². The zero-order valence-electron chi connectivity index (χ0n) is 12.1. The average Bonchev–Trinajstić information content (AvgIpc) is 2.53. The minimum Gasteiger partial charge on any atom is -0.497 e. The molecule has 0 aliphatic rings. The molecule has 0 aromatic heterocycles. The summed E-state index contributed by atoms with van der Waals surface area (Å²) in [5, 5.41) is 9.46. The first-order valence-corrected chi connectivity index (χ1v) is 6.63. The van der Waals surface area contributed by atoms with Gasteiger partial charge in [-0.2, -0.15) is 0 Å². The highest BCUT2D eigenvalue weighted by atomic mass is 16.5. The maximum atomic E-state index is 11.5. The van der Waals surface area contributed by atoms with Gasteiger partial charge in [0.15, 0.2) is 0 Å². The Balaban J connectivity index is 2.19. The van der Waals surface area contributed by atoms with Crippen molar-refractivity contribution in [3.63, 3.8) is 0 Å². The van der Waals surface area contributed by atoms with Gasteiger partial charge in [-0.25, -0.2) is 0 Å². The van der Waals surface area contributed by atoms with E-state index in [1.54, 1.807) is 38.5 Å². The predicted octanol–water partition coefficient (Wildman–Crippen LogP) is 3.11. The van der Waals surface area contributed by atoms with Crippen LogP contribution in [0, 0.1) is 0 Å². The molecule has 0 aliphatic heterocycles. The standard InChI is InChI=1S/C17H18O4/c1-20-14-7-3-12(4-8-14)11-16(17(18)19)13-5-9-15(21-2)10-6-13/h3-10,16H,11H2,1-2H3,(H,18,19). The number of aliphatic carboxylic acids is 1. The van der Waals surface area contributed by atoms with Crippen LogP contribution in [0.15, 0.2) is 48.5 Å². The number of carboxylic acids is 1. The van der Waals surface area contributed by atoms with E-state index in [2.05, 4.69) is 0 Å². The molecule has 4 heteroatoms. The monoisotopic (exact) mass is 286 g/mol. The van der Waals surface area contributed by atoms with E-state index in [0.717, 1.165) is 16.9 Å². The minimum atomic E-state index is -0.837. The van der Waals surface area contributed by atoms with Gasteiger partial charge in [0.05, 0.1) is 20.1 Å². The highest BCUT2D eigenvalue weighted by molar-refractivity contribution is 5.76. The van der Waals surface area contributed by atoms with Crippen molar-refractivity contribution in [3.8, 4) is 11.5 Å². The summed E-state index contributed by atoms with van der Waals surface area (Å²) in [4.78, 5) is 11.5. The number of carboxylic acid groups (broad SMARTS) is 1. The van der Waals surface area contributed by atoms with Crippen LogP contribution in [0.2, 0.25) is 0 Å². The molecule has 0 amide bonds. The lowest BCUT2D eigenvalue weighted by atomic mass is 9.92. The van der Waals surface area contributed by atoms with Crippen molar-refractivity contribution in [3.05, 3.63) is 59.7 Å². The van der Waals surface area contributed by atoms with Crippen LogP contribution in [0.3, 0.4) is 0 Å². The Labute approximate surface area is 123 Å². The van der Waals surface area contributed by atoms with Gasteiger partial charge in [-0.05, 0) is 41.8 Å². The third-order valence-electron chi connectivity index (χ3n) is 3.42. The van der Waals surface area contributed by atoms with Gasteiger partial charge in [-0.15, -0.1) is 0 Å². The van der Waals surface area contributed by atoms with Gasteiger partial charge in [0.2, 0.25) is 0 Å². The molecule has 0 spiro atoms. The van der Waals surface area contributed by atoms with E-state index in [4.69, 9.17) is 9.47 Å². The Hall–Kier alpha value is -2.49. The van der Waals surface area contributed by atoms with Crippen molar-refractivity contribution in [1.82, 2.24) is 0 Å². The molecule has 1 N–H and O–H groups in total. The summed E-state index contributed by atoms with van der Waals surface area (Å²) < 4.78 is 10.2. The highest BCUT2D eigenvalue weighted by Crippen LogP contribution is 2.24. The molecule has 0 saturated heterocycles. The molecule has 4 nitrogen and oxygen atoms in total. The number of methoxy groups -OCH3 is 2. The lowest BCUT2D eigenvalue weighted by Gasteiger charge is -2.14. The van der Waals surface area contributed by atoms with Gasteiger partial charge in [-0.3, -0.25) is 4.79 Å². The fourth-order valence-electron chi connectivity index (χ4n) is 2.18. The Bertz CT molecular complexity index is 587. The maximum Gasteiger partial charge on any atom is 0.311 e. The van der Waals surface area contributed by atoms with E-state index >= 15 is 0 Å². The molecule has 2 aromatic rings. The molecule has 1 atom stereocenters. The molecule has 1 unspecified atom stereocenters. The number of rotatable bonds is 6. The van der Waals surface area contributed by atoms with Crippen LogP contribution >= 0.6 is 0 Å². The molecule has 110 valence electrons. The van der Waals surface area contributed by atoms with Gasteiger partial charge in [0.1, 0.15) is 11.5 Å². The van der Waals surface area contributed by atoms with Crippen molar-refractivity contribution >= 4 is 5.97 Å². The SMILES string of the molecule is COc1ccc(CC(C(=O)O)c2ccc(OC)cc2)cc1. The summed E-state index contributed by atoms with van der Waals surface area (Å²) in [6.45, 7) is 0. The van der Waals surface area contributed by atoms with Crippen molar-refractivity contribution < 1.29 is 19.4 Å². The second-order valence-corrected chi connectivity index (χ2v) is 4.72. The van der Waals surface area contributed by atoms with Crippen LogP contribution < -0.4 is 9.47 Å². The molecular weight excluding hydrogens is 268 g/mol. The van der Waals surface area contributed by atoms with Crippen molar-refractivity contribution in [2.75, 3.05) is 14.2 Å². The van der Waals surface area contributed by atoms with Crippen LogP contribution in [-0.4, -0.2) is 25.3 Å². The summed E-state index contributed by atoms with van der Waals surface area (Å²) in [6, 6.07) is 14.6. The lowest BCUT2D eigenvalue weighted by molar-refractivity contribution is -0.138. The van der Waals surface area contributed by atoms with Crippen LogP contribution in [0.25, 0.3) is 0 Å². The number of benzene rings is 2. The normalized spacial score (nSPS) is 11.7. The first kappa shape index (κ1) is 14.9. The lowest BCUT2D eigenvalue weighted by Crippen LogP contribution is -2.14. The number of hydrogen-bond acceptors (Lipinski definition) is 3. The Morgan fingerprint density at radius 2 is 1.43 bits per heavy atom. The van der Waals surface area contributed by atoms with E-state index in [0.29, 0.717) is 12.2 Å². The second-order valence-electron chi connectivity index (χ2n) is 4.72. The van der Waals surface area contributed by atoms with E-state index in [1.165, 1.54) is 0 Å². The third-order valence-corrected chi connectivity index (χ3v) is 3.42. The summed E-state index contributed by atoms with van der Waals surface area (Å²) in [5.74, 6) is 0.0581. The van der Waals surface area contributed by atoms with Crippen LogP contribution in [0.5, 0.6) is 11.5 Å². The predicted molar refractivity (Wildman–Crippen MR) is 80.1 cm³/mol. The van der Waals surface area contributed by atoms with Crippen molar-refractivity contribution in [2.24, 2.45) is 0 Å². The Morgan fingerprint density at radius 3 is 1.86 bits per heavy atom. The first-order chi connectivity index (χ1) is 10.1. The summed E-state index contributed by atoms with van der Waals surface area (Å²) in [6.07, 6.45) is 0.436. The fourth-order valence-corrected chi connectivity index (χ4v) is 2.18. The second kappa shape index (κ2) is 6.79. The third kappa shape index (κ3) is 3.75. The largest absolute Gasteiger partial charge is 0.497 e. The Morgan fingerprint density at radius 1 is 0.952 bits per heavy atom. The summed E-state index contributed by atoms with van der Waals surface area (Å²) in [7, 11) is 3.19. The quantitative estimate of drug-likeness (QED) is 0.886. The maximum absolute atomic E-state index is 11.5. The van der Waals surface area contributed by atoms with Crippen LogP contribution in [-0.2, 0) is 11.2 Å². The average molecular weight is 286 g/mol. The van der Waals surface area contributed by atoms with Crippen LogP contribution in [0.4, 0.5) is 0 Å². The van der Waals surface area contributed by atoms with Gasteiger partial charge in [-0.1, -0.05) is 24.3 Å². The molecule has 0 fully saturated rings. The van der Waals surface area contributed by atoms with Crippen molar-refractivity contribution in [1.29, 1.82) is 0 Å². The molecule has 0 radical (unpaired) electrons. The van der Waals surface area contributed by atoms with Gasteiger partial charge in [0.25, 0.3) is 0 Å².